The molecule has 1 amide bonds. The number of benzene rings is 2. The van der Waals surface area contributed by atoms with E-state index in [4.69, 9.17) is 0 Å². The van der Waals surface area contributed by atoms with Gasteiger partial charge in [-0.2, -0.15) is 5.43 Å². The monoisotopic (exact) mass is 350 g/mol. The fraction of sp³-hybridized carbons (Fsp3) is 0.250. The van der Waals surface area contributed by atoms with Crippen LogP contribution in [0.2, 0.25) is 0 Å². The number of carbonyl (C=O) groups excluding carboxylic acids is 1. The Bertz CT molecular complexity index is 942. The summed E-state index contributed by atoms with van der Waals surface area (Å²) in [4.78, 5) is 16.5. The molecule has 6 nitrogen and oxygen atoms in total. The summed E-state index contributed by atoms with van der Waals surface area (Å²) in [6, 6.07) is 14.4. The lowest BCUT2D eigenvalue weighted by molar-refractivity contribution is -0.645. The first-order valence-corrected chi connectivity index (χ1v) is 8.69. The van der Waals surface area contributed by atoms with Crippen LogP contribution in [-0.2, 0) is 7.05 Å². The summed E-state index contributed by atoms with van der Waals surface area (Å²) in [7, 11) is 1.92. The third kappa shape index (κ3) is 3.74. The number of aryl methyl sites for hydroxylation is 1. The van der Waals surface area contributed by atoms with Gasteiger partial charge in [0.15, 0.2) is 11.0 Å². The summed E-state index contributed by atoms with van der Waals surface area (Å²) >= 11 is 0. The van der Waals surface area contributed by atoms with Gasteiger partial charge in [-0.25, -0.2) is 4.57 Å². The number of aliphatic imine (C=N–C) groups is 1. The Morgan fingerprint density at radius 2 is 1.85 bits per heavy atom. The van der Waals surface area contributed by atoms with Crippen molar-refractivity contribution >= 4 is 22.8 Å². The summed E-state index contributed by atoms with van der Waals surface area (Å²) < 4.78 is 3.63. The summed E-state index contributed by atoms with van der Waals surface area (Å²) in [6.45, 7) is 2.59. The molecule has 0 bridgehead atoms. The Morgan fingerprint density at radius 3 is 2.58 bits per heavy atom. The molecule has 1 aromatic heterocycles. The van der Waals surface area contributed by atoms with E-state index in [2.05, 4.69) is 17.3 Å². The van der Waals surface area contributed by atoms with Crippen molar-refractivity contribution in [3.63, 3.8) is 0 Å². The first kappa shape index (κ1) is 17.7. The minimum absolute atomic E-state index is 0.242. The average molecular weight is 350 g/mol. The fourth-order valence-corrected chi connectivity index (χ4v) is 2.72. The molecule has 0 radical (unpaired) electrons. The molecule has 1 heterocycles. The van der Waals surface area contributed by atoms with Crippen LogP contribution in [-0.4, -0.2) is 23.0 Å². The number of rotatable bonds is 6. The molecule has 0 saturated carbocycles. The Morgan fingerprint density at radius 1 is 1.15 bits per heavy atom. The van der Waals surface area contributed by atoms with Crippen LogP contribution < -0.4 is 15.1 Å². The molecule has 0 aliphatic rings. The normalized spacial score (nSPS) is 11.7. The lowest BCUT2D eigenvalue weighted by atomic mass is 10.1. The zero-order chi connectivity index (χ0) is 18.5. The second-order valence-corrected chi connectivity index (χ2v) is 6.14. The van der Waals surface area contributed by atoms with Crippen LogP contribution in [0.1, 0.15) is 35.7 Å². The van der Waals surface area contributed by atoms with Gasteiger partial charge in [-0.3, -0.25) is 4.79 Å². The van der Waals surface area contributed by atoms with Crippen molar-refractivity contribution in [2.24, 2.45) is 12.0 Å². The lowest BCUT2D eigenvalue weighted by Crippen LogP contribution is -2.28. The van der Waals surface area contributed by atoms with Crippen LogP contribution in [0.3, 0.4) is 0 Å². The summed E-state index contributed by atoms with van der Waals surface area (Å²) in [5.41, 5.74) is 5.76. The number of hydrogen-bond acceptors (Lipinski definition) is 3. The SMILES string of the molecule is CCCCN=C([O-])c1ccc(C(=O)Nn2c[n+](C)c3ccccc32)cc1. The maximum absolute atomic E-state index is 12.5. The Kier molecular flexibility index (Phi) is 5.31. The van der Waals surface area contributed by atoms with E-state index in [9.17, 15) is 9.90 Å². The van der Waals surface area contributed by atoms with Gasteiger partial charge >= 0.3 is 0 Å². The smallest absolute Gasteiger partial charge is 0.286 e. The molecule has 2 aromatic carbocycles. The van der Waals surface area contributed by atoms with Gasteiger partial charge in [0.1, 0.15) is 0 Å². The van der Waals surface area contributed by atoms with Crippen molar-refractivity contribution in [1.29, 1.82) is 0 Å². The zero-order valence-electron chi connectivity index (χ0n) is 15.0. The van der Waals surface area contributed by atoms with Crippen LogP contribution in [0, 0.1) is 0 Å². The van der Waals surface area contributed by atoms with Gasteiger partial charge in [0.25, 0.3) is 12.2 Å². The van der Waals surface area contributed by atoms with Crippen LogP contribution in [0.25, 0.3) is 11.0 Å². The first-order chi connectivity index (χ1) is 12.6. The van der Waals surface area contributed by atoms with Gasteiger partial charge in [0, 0.05) is 12.1 Å². The third-order valence-corrected chi connectivity index (χ3v) is 4.19. The van der Waals surface area contributed by atoms with Gasteiger partial charge in [-0.1, -0.05) is 37.6 Å². The number of aromatic nitrogens is 2. The summed E-state index contributed by atoms with van der Waals surface area (Å²) in [5.74, 6) is -0.484. The van der Waals surface area contributed by atoms with Crippen LogP contribution in [0.4, 0.5) is 0 Å². The highest BCUT2D eigenvalue weighted by atomic mass is 16.3. The van der Waals surface area contributed by atoms with Gasteiger partial charge in [0.2, 0.25) is 0 Å². The van der Waals surface area contributed by atoms with Gasteiger partial charge < -0.3 is 10.1 Å². The van der Waals surface area contributed by atoms with Gasteiger partial charge in [-0.05, 0) is 42.1 Å². The average Bonchev–Trinajstić information content (AvgIpc) is 2.98. The number of nitrogens with zero attached hydrogens (tertiary/aromatic N) is 3. The molecule has 26 heavy (non-hydrogen) atoms. The van der Waals surface area contributed by atoms with Crippen molar-refractivity contribution < 1.29 is 14.5 Å². The minimum Gasteiger partial charge on any atom is -0.858 e. The number of hydrogen-bond donors (Lipinski definition) is 1. The molecule has 0 fully saturated rings. The predicted octanol–water partition coefficient (Wildman–Crippen LogP) is 1.76. The number of para-hydroxylation sites is 2. The molecule has 0 spiro atoms. The van der Waals surface area contributed by atoms with E-state index in [-0.39, 0.29) is 11.8 Å². The number of fused-ring (bicyclic) bond motifs is 1. The maximum Gasteiger partial charge on any atom is 0.286 e. The molecule has 134 valence electrons. The van der Waals surface area contributed by atoms with Crippen LogP contribution in [0.5, 0.6) is 0 Å². The zero-order valence-corrected chi connectivity index (χ0v) is 15.0. The molecular formula is C20H22N4O2. The number of imidazole rings is 1. The standard InChI is InChI=1S/C20H22N4O2/c1-3-4-13-21-19(25)15-9-11-16(12-10-15)20(26)22-24-14-23(2)17-7-5-6-8-18(17)24/h5-12,14H,3-4,13H2,1-2H3,(H-,21,22,25,26). The number of carbonyl (C=O) groups is 1. The molecule has 3 rings (SSSR count). The van der Waals surface area contributed by atoms with Crippen molar-refractivity contribution in [3.8, 4) is 0 Å². The van der Waals surface area contributed by atoms with E-state index in [1.165, 1.54) is 0 Å². The molecule has 0 saturated heterocycles. The van der Waals surface area contributed by atoms with Crippen molar-refractivity contribution in [3.05, 3.63) is 66.0 Å². The van der Waals surface area contributed by atoms with E-state index in [1.54, 1.807) is 28.9 Å². The number of unbranched alkanes of at least 4 members (excludes halogenated alkanes) is 1. The quantitative estimate of drug-likeness (QED) is 0.318. The number of nitrogens with one attached hydrogen (secondary N) is 1. The second-order valence-electron chi connectivity index (χ2n) is 6.14. The Hall–Kier alpha value is -3.15. The molecule has 1 N–H and O–H groups in total. The predicted molar refractivity (Wildman–Crippen MR) is 99.6 cm³/mol. The Balaban J connectivity index is 1.75. The van der Waals surface area contributed by atoms with Gasteiger partial charge in [-0.15, -0.1) is 4.68 Å². The molecule has 0 aliphatic carbocycles. The molecule has 0 atom stereocenters. The number of amides is 1. The first-order valence-electron chi connectivity index (χ1n) is 8.69. The highest BCUT2D eigenvalue weighted by Gasteiger charge is 2.15. The van der Waals surface area contributed by atoms with E-state index < -0.39 is 0 Å². The van der Waals surface area contributed by atoms with Crippen molar-refractivity contribution in [1.82, 2.24) is 4.68 Å². The maximum atomic E-state index is 12.5. The summed E-state index contributed by atoms with van der Waals surface area (Å²) in [6.07, 6.45) is 3.71. The van der Waals surface area contributed by atoms with E-state index in [1.807, 2.05) is 42.2 Å². The molecule has 3 aromatic rings. The Labute approximate surface area is 152 Å². The largest absolute Gasteiger partial charge is 0.858 e. The molecular weight excluding hydrogens is 328 g/mol. The van der Waals surface area contributed by atoms with E-state index >= 15 is 0 Å². The minimum atomic E-state index is -0.242. The van der Waals surface area contributed by atoms with E-state index in [0.29, 0.717) is 17.7 Å². The van der Waals surface area contributed by atoms with Crippen LogP contribution in [0.15, 0.2) is 59.9 Å². The highest BCUT2D eigenvalue weighted by Crippen LogP contribution is 2.10. The van der Waals surface area contributed by atoms with Gasteiger partial charge in [0.05, 0.1) is 7.05 Å². The van der Waals surface area contributed by atoms with E-state index in [0.717, 1.165) is 23.9 Å². The molecule has 0 aliphatic heterocycles. The highest BCUT2D eigenvalue weighted by molar-refractivity contribution is 6.01. The third-order valence-electron chi connectivity index (χ3n) is 4.19. The van der Waals surface area contributed by atoms with Crippen molar-refractivity contribution in [2.45, 2.75) is 19.8 Å². The second kappa shape index (κ2) is 7.82. The van der Waals surface area contributed by atoms with Crippen LogP contribution >= 0.6 is 0 Å². The topological polar surface area (TPSA) is 73.3 Å². The summed E-state index contributed by atoms with van der Waals surface area (Å²) in [5, 5.41) is 12.0. The molecule has 6 heteroatoms. The lowest BCUT2D eigenvalue weighted by Gasteiger charge is -2.11. The fourth-order valence-electron chi connectivity index (χ4n) is 2.72. The van der Waals surface area contributed by atoms with Crippen molar-refractivity contribution in [2.75, 3.05) is 12.0 Å². The molecule has 0 unspecified atom stereocenters.